The number of amides is 2. The number of rotatable bonds is 5. The van der Waals surface area contributed by atoms with E-state index in [-0.39, 0.29) is 30.3 Å². The van der Waals surface area contributed by atoms with Gasteiger partial charge in [0, 0.05) is 25.7 Å². The van der Waals surface area contributed by atoms with Crippen molar-refractivity contribution in [1.82, 2.24) is 9.80 Å². The Morgan fingerprint density at radius 1 is 1.25 bits per heavy atom. The maximum atomic E-state index is 12.8. The number of aliphatic hydroxyl groups is 1. The molecule has 24 heavy (non-hydrogen) atoms. The van der Waals surface area contributed by atoms with Crippen LogP contribution in [0.25, 0.3) is 6.08 Å². The van der Waals surface area contributed by atoms with Crippen LogP contribution in [-0.4, -0.2) is 45.4 Å². The summed E-state index contributed by atoms with van der Waals surface area (Å²) in [5.74, 6) is -0.155. The third-order valence-corrected chi connectivity index (χ3v) is 4.24. The van der Waals surface area contributed by atoms with Crippen LogP contribution in [0.4, 0.5) is 0 Å². The lowest BCUT2D eigenvalue weighted by Gasteiger charge is -2.35. The number of hydrogen-bond donors (Lipinski definition) is 1. The lowest BCUT2D eigenvalue weighted by molar-refractivity contribution is -0.137. The average Bonchev–Trinajstić information content (AvgIpc) is 2.52. The summed E-state index contributed by atoms with van der Waals surface area (Å²) in [5.41, 5.74) is 2.00. The second-order valence-corrected chi connectivity index (χ2v) is 6.58. The van der Waals surface area contributed by atoms with Crippen molar-refractivity contribution in [1.29, 1.82) is 0 Å². The highest BCUT2D eigenvalue weighted by molar-refractivity contribution is 5.82. The van der Waals surface area contributed by atoms with E-state index in [9.17, 15) is 14.7 Å². The minimum Gasteiger partial charge on any atom is -0.392 e. The van der Waals surface area contributed by atoms with Gasteiger partial charge in [-0.3, -0.25) is 9.59 Å². The molecule has 1 aromatic carbocycles. The highest BCUT2D eigenvalue weighted by Gasteiger charge is 2.30. The van der Waals surface area contributed by atoms with Gasteiger partial charge in [-0.25, -0.2) is 0 Å². The first-order chi connectivity index (χ1) is 11.3. The van der Waals surface area contributed by atoms with Crippen LogP contribution in [0.5, 0.6) is 0 Å². The molecule has 0 fully saturated rings. The molecule has 0 bridgehead atoms. The Morgan fingerprint density at radius 2 is 1.92 bits per heavy atom. The first-order valence-corrected chi connectivity index (χ1v) is 8.34. The van der Waals surface area contributed by atoms with Crippen LogP contribution in [-0.2, 0) is 9.59 Å². The molecule has 0 spiro atoms. The van der Waals surface area contributed by atoms with Crippen molar-refractivity contribution >= 4 is 17.9 Å². The summed E-state index contributed by atoms with van der Waals surface area (Å²) < 4.78 is 0. The van der Waals surface area contributed by atoms with E-state index in [1.54, 1.807) is 22.9 Å². The summed E-state index contributed by atoms with van der Waals surface area (Å²) in [4.78, 5) is 28.1. The molecule has 0 aliphatic carbocycles. The largest absolute Gasteiger partial charge is 0.392 e. The maximum Gasteiger partial charge on any atom is 0.225 e. The normalized spacial score (nSPS) is 17.6. The predicted octanol–water partition coefficient (Wildman–Crippen LogP) is 2.57. The molecule has 1 aromatic rings. The van der Waals surface area contributed by atoms with Crippen molar-refractivity contribution < 1.29 is 14.7 Å². The number of aliphatic hydroxyl groups excluding tert-OH is 1. The van der Waals surface area contributed by atoms with Crippen molar-refractivity contribution in [3.63, 3.8) is 0 Å². The molecule has 0 saturated heterocycles. The molecule has 0 aromatic heterocycles. The van der Waals surface area contributed by atoms with E-state index in [4.69, 9.17) is 0 Å². The Hall–Kier alpha value is -2.14. The molecule has 0 radical (unpaired) electrons. The summed E-state index contributed by atoms with van der Waals surface area (Å²) >= 11 is 0. The molecule has 130 valence electrons. The van der Waals surface area contributed by atoms with Crippen LogP contribution in [0.3, 0.4) is 0 Å². The highest BCUT2D eigenvalue weighted by Crippen LogP contribution is 2.33. The van der Waals surface area contributed by atoms with Gasteiger partial charge in [0.1, 0.15) is 0 Å². The molecule has 2 unspecified atom stereocenters. The number of hydrogen-bond acceptors (Lipinski definition) is 3. The molecule has 2 amide bonds. The predicted molar refractivity (Wildman–Crippen MR) is 93.9 cm³/mol. The smallest absolute Gasteiger partial charge is 0.225 e. The minimum absolute atomic E-state index is 0.00717. The lowest BCUT2D eigenvalue weighted by atomic mass is 9.93. The highest BCUT2D eigenvalue weighted by atomic mass is 16.3. The van der Waals surface area contributed by atoms with Crippen molar-refractivity contribution in [2.75, 3.05) is 6.54 Å². The summed E-state index contributed by atoms with van der Waals surface area (Å²) in [5, 5.41) is 9.65. The monoisotopic (exact) mass is 330 g/mol. The van der Waals surface area contributed by atoms with E-state index in [1.165, 1.54) is 6.92 Å². The Morgan fingerprint density at radius 3 is 2.50 bits per heavy atom. The van der Waals surface area contributed by atoms with E-state index < -0.39 is 6.10 Å². The summed E-state index contributed by atoms with van der Waals surface area (Å²) in [6, 6.07) is 7.49. The summed E-state index contributed by atoms with van der Waals surface area (Å²) in [6.45, 7) is 7.32. The zero-order chi connectivity index (χ0) is 17.9. The third kappa shape index (κ3) is 4.03. The Labute approximate surface area is 143 Å². The fraction of sp³-hybridized carbons (Fsp3) is 0.474. The molecular weight excluding hydrogens is 304 g/mol. The first-order valence-electron chi connectivity index (χ1n) is 8.34. The van der Waals surface area contributed by atoms with Crippen molar-refractivity contribution in [2.24, 2.45) is 0 Å². The molecule has 2 rings (SSSR count). The molecule has 1 N–H and O–H groups in total. The van der Waals surface area contributed by atoms with Gasteiger partial charge >= 0.3 is 0 Å². The van der Waals surface area contributed by atoms with Gasteiger partial charge in [-0.1, -0.05) is 24.3 Å². The van der Waals surface area contributed by atoms with Crippen LogP contribution in [0, 0.1) is 0 Å². The SMILES string of the molecule is CC(=O)N1C=Cc2ccccc2C1CC(=O)N(CC(C)O)C(C)C. The van der Waals surface area contributed by atoms with Crippen molar-refractivity contribution in [3.05, 3.63) is 41.6 Å². The van der Waals surface area contributed by atoms with Gasteiger partial charge in [0.2, 0.25) is 11.8 Å². The van der Waals surface area contributed by atoms with E-state index >= 15 is 0 Å². The molecule has 1 aliphatic rings. The van der Waals surface area contributed by atoms with Crippen molar-refractivity contribution in [3.8, 4) is 0 Å². The molecular formula is C19H26N2O3. The van der Waals surface area contributed by atoms with Crippen LogP contribution < -0.4 is 0 Å². The number of nitrogens with zero attached hydrogens (tertiary/aromatic N) is 2. The average molecular weight is 330 g/mol. The zero-order valence-corrected chi connectivity index (χ0v) is 14.8. The topological polar surface area (TPSA) is 60.9 Å². The van der Waals surface area contributed by atoms with E-state index in [0.29, 0.717) is 6.54 Å². The molecule has 1 aliphatic heterocycles. The second-order valence-electron chi connectivity index (χ2n) is 6.58. The van der Waals surface area contributed by atoms with E-state index in [0.717, 1.165) is 11.1 Å². The Kier molecular flexibility index (Phi) is 5.78. The van der Waals surface area contributed by atoms with Crippen LogP contribution in [0.1, 0.15) is 51.3 Å². The second kappa shape index (κ2) is 7.62. The molecule has 0 saturated carbocycles. The number of carbonyl (C=O) groups excluding carboxylic acids is 2. The summed E-state index contributed by atoms with van der Waals surface area (Å²) in [7, 11) is 0. The quantitative estimate of drug-likeness (QED) is 0.902. The summed E-state index contributed by atoms with van der Waals surface area (Å²) in [6.07, 6.45) is 3.26. The van der Waals surface area contributed by atoms with Gasteiger partial charge in [0.25, 0.3) is 0 Å². The maximum absolute atomic E-state index is 12.8. The van der Waals surface area contributed by atoms with E-state index in [2.05, 4.69) is 0 Å². The number of benzene rings is 1. The first kappa shape index (κ1) is 18.2. The van der Waals surface area contributed by atoms with Crippen LogP contribution in [0.15, 0.2) is 30.5 Å². The fourth-order valence-corrected chi connectivity index (χ4v) is 3.08. The van der Waals surface area contributed by atoms with Gasteiger partial charge in [0.05, 0.1) is 18.6 Å². The zero-order valence-electron chi connectivity index (χ0n) is 14.8. The molecule has 2 atom stereocenters. The van der Waals surface area contributed by atoms with Gasteiger partial charge in [-0.05, 0) is 38.0 Å². The molecule has 5 heteroatoms. The molecule has 1 heterocycles. The van der Waals surface area contributed by atoms with Gasteiger partial charge in [-0.15, -0.1) is 0 Å². The Balaban J connectivity index is 2.28. The van der Waals surface area contributed by atoms with Gasteiger partial charge < -0.3 is 14.9 Å². The number of fused-ring (bicyclic) bond motifs is 1. The molecule has 5 nitrogen and oxygen atoms in total. The third-order valence-electron chi connectivity index (χ3n) is 4.24. The van der Waals surface area contributed by atoms with Gasteiger partial charge in [0.15, 0.2) is 0 Å². The fourth-order valence-electron chi connectivity index (χ4n) is 3.08. The van der Waals surface area contributed by atoms with Crippen molar-refractivity contribution in [2.45, 2.75) is 52.3 Å². The van der Waals surface area contributed by atoms with Crippen LogP contribution >= 0.6 is 0 Å². The standard InChI is InChI=1S/C19H26N2O3/c1-13(2)21(12-14(3)22)19(24)11-18-17-8-6-5-7-16(17)9-10-20(18)15(4)23/h5-10,13-14,18,22H,11-12H2,1-4H3. The number of carbonyl (C=O) groups is 2. The van der Waals surface area contributed by atoms with E-state index in [1.807, 2.05) is 44.2 Å². The lowest BCUT2D eigenvalue weighted by Crippen LogP contribution is -2.43. The van der Waals surface area contributed by atoms with Gasteiger partial charge in [-0.2, -0.15) is 0 Å². The minimum atomic E-state index is -0.584. The van der Waals surface area contributed by atoms with Crippen LogP contribution in [0.2, 0.25) is 0 Å². The Bertz CT molecular complexity index is 637.